The number of hydrogen-bond donors (Lipinski definition) is 1. The Kier molecular flexibility index (Phi) is 3.37. The summed E-state index contributed by atoms with van der Waals surface area (Å²) in [6.07, 6.45) is 1.18. The first-order chi connectivity index (χ1) is 4.39. The maximum Gasteiger partial charge on any atom is 0.00436 e. The first-order valence-corrected chi connectivity index (χ1v) is 4.15. The van der Waals surface area contributed by atoms with Crippen molar-refractivity contribution in [2.45, 2.75) is 47.1 Å². The predicted octanol–water partition coefficient (Wildman–Crippen LogP) is 2.41. The molecule has 2 atom stereocenters. The molecule has 0 saturated heterocycles. The molecule has 0 rings (SSSR count). The first-order valence-electron chi connectivity index (χ1n) is 4.15. The molecule has 10 heavy (non-hydrogen) atoms. The van der Waals surface area contributed by atoms with Gasteiger partial charge in [-0.3, -0.25) is 0 Å². The largest absolute Gasteiger partial charge is 0.328 e. The third-order valence-electron chi connectivity index (χ3n) is 2.19. The van der Waals surface area contributed by atoms with Crippen LogP contribution in [0.25, 0.3) is 0 Å². The standard InChI is InChI=1S/C9H21N/c1-6-8(7(2)10)9(3,4)5/h7-8H,6,10H2,1-5H3. The van der Waals surface area contributed by atoms with E-state index < -0.39 is 0 Å². The molecular weight excluding hydrogens is 122 g/mol. The SMILES string of the molecule is CCC(C(C)N)C(C)(C)C. The third kappa shape index (κ3) is 2.70. The van der Waals surface area contributed by atoms with Crippen molar-refractivity contribution >= 4 is 0 Å². The molecule has 0 spiro atoms. The van der Waals surface area contributed by atoms with Gasteiger partial charge in [0.1, 0.15) is 0 Å². The second-order valence-corrected chi connectivity index (χ2v) is 4.24. The van der Waals surface area contributed by atoms with Crippen LogP contribution in [0.4, 0.5) is 0 Å². The molecule has 0 aliphatic heterocycles. The van der Waals surface area contributed by atoms with Crippen molar-refractivity contribution < 1.29 is 0 Å². The van der Waals surface area contributed by atoms with E-state index in [1.165, 1.54) is 6.42 Å². The Morgan fingerprint density at radius 2 is 1.70 bits per heavy atom. The highest BCUT2D eigenvalue weighted by atomic mass is 14.6. The summed E-state index contributed by atoms with van der Waals surface area (Å²) < 4.78 is 0. The molecule has 62 valence electrons. The van der Waals surface area contributed by atoms with Gasteiger partial charge < -0.3 is 5.73 Å². The molecule has 2 unspecified atom stereocenters. The van der Waals surface area contributed by atoms with Crippen LogP contribution in [0.1, 0.15) is 41.0 Å². The molecule has 0 fully saturated rings. The van der Waals surface area contributed by atoms with E-state index in [9.17, 15) is 0 Å². The number of hydrogen-bond acceptors (Lipinski definition) is 1. The molecule has 1 heteroatoms. The fourth-order valence-corrected chi connectivity index (χ4v) is 1.77. The topological polar surface area (TPSA) is 26.0 Å². The maximum atomic E-state index is 5.83. The van der Waals surface area contributed by atoms with Gasteiger partial charge in [-0.2, -0.15) is 0 Å². The van der Waals surface area contributed by atoms with E-state index in [2.05, 4.69) is 34.6 Å². The molecule has 0 aromatic rings. The van der Waals surface area contributed by atoms with Crippen LogP contribution in [0.2, 0.25) is 0 Å². The lowest BCUT2D eigenvalue weighted by Gasteiger charge is -2.32. The second-order valence-electron chi connectivity index (χ2n) is 4.24. The molecule has 0 heterocycles. The van der Waals surface area contributed by atoms with Crippen molar-refractivity contribution in [3.63, 3.8) is 0 Å². The Morgan fingerprint density at radius 1 is 1.30 bits per heavy atom. The number of rotatable bonds is 2. The van der Waals surface area contributed by atoms with Gasteiger partial charge in [0.2, 0.25) is 0 Å². The van der Waals surface area contributed by atoms with Gasteiger partial charge in [-0.1, -0.05) is 34.1 Å². The fraction of sp³-hybridized carbons (Fsp3) is 1.00. The van der Waals surface area contributed by atoms with Crippen LogP contribution < -0.4 is 5.73 Å². The van der Waals surface area contributed by atoms with E-state index in [0.717, 1.165) is 0 Å². The predicted molar refractivity (Wildman–Crippen MR) is 46.9 cm³/mol. The molecule has 0 aliphatic carbocycles. The second kappa shape index (κ2) is 3.38. The molecule has 0 aliphatic rings. The quantitative estimate of drug-likeness (QED) is 0.631. The highest BCUT2D eigenvalue weighted by molar-refractivity contribution is 4.78. The van der Waals surface area contributed by atoms with Crippen molar-refractivity contribution in [2.24, 2.45) is 17.1 Å². The van der Waals surface area contributed by atoms with Gasteiger partial charge in [0, 0.05) is 6.04 Å². The molecule has 1 nitrogen and oxygen atoms in total. The normalized spacial score (nSPS) is 18.6. The summed E-state index contributed by atoms with van der Waals surface area (Å²) in [7, 11) is 0. The smallest absolute Gasteiger partial charge is 0.00436 e. The first kappa shape index (κ1) is 9.96. The van der Waals surface area contributed by atoms with Crippen LogP contribution in [0.15, 0.2) is 0 Å². The van der Waals surface area contributed by atoms with Crippen LogP contribution in [-0.2, 0) is 0 Å². The monoisotopic (exact) mass is 143 g/mol. The third-order valence-corrected chi connectivity index (χ3v) is 2.19. The van der Waals surface area contributed by atoms with Crippen LogP contribution in [0.3, 0.4) is 0 Å². The molecule has 0 amide bonds. The number of nitrogens with two attached hydrogens (primary N) is 1. The molecule has 0 saturated carbocycles. The Bertz CT molecular complexity index is 89.4. The van der Waals surface area contributed by atoms with Gasteiger partial charge >= 0.3 is 0 Å². The van der Waals surface area contributed by atoms with Crippen LogP contribution in [0.5, 0.6) is 0 Å². The van der Waals surface area contributed by atoms with E-state index in [4.69, 9.17) is 5.73 Å². The Morgan fingerprint density at radius 3 is 1.70 bits per heavy atom. The lowest BCUT2D eigenvalue weighted by atomic mass is 9.75. The van der Waals surface area contributed by atoms with Crippen molar-refractivity contribution in [3.8, 4) is 0 Å². The van der Waals surface area contributed by atoms with Crippen LogP contribution in [0, 0.1) is 11.3 Å². The van der Waals surface area contributed by atoms with Crippen molar-refractivity contribution in [2.75, 3.05) is 0 Å². The van der Waals surface area contributed by atoms with E-state index in [1.54, 1.807) is 0 Å². The summed E-state index contributed by atoms with van der Waals surface area (Å²) in [6, 6.07) is 0.324. The molecular formula is C9H21N. The van der Waals surface area contributed by atoms with Crippen LogP contribution >= 0.6 is 0 Å². The maximum absolute atomic E-state index is 5.83. The Hall–Kier alpha value is -0.0400. The highest BCUT2D eigenvalue weighted by Crippen LogP contribution is 2.30. The van der Waals surface area contributed by atoms with Crippen LogP contribution in [-0.4, -0.2) is 6.04 Å². The van der Waals surface area contributed by atoms with E-state index in [-0.39, 0.29) is 0 Å². The summed E-state index contributed by atoms with van der Waals surface area (Å²) >= 11 is 0. The van der Waals surface area contributed by atoms with Gasteiger partial charge in [-0.15, -0.1) is 0 Å². The fourth-order valence-electron chi connectivity index (χ4n) is 1.77. The minimum atomic E-state index is 0.324. The Labute approximate surface area is 65.0 Å². The highest BCUT2D eigenvalue weighted by Gasteiger charge is 2.25. The minimum Gasteiger partial charge on any atom is -0.328 e. The van der Waals surface area contributed by atoms with Gasteiger partial charge in [-0.25, -0.2) is 0 Å². The molecule has 0 aromatic heterocycles. The van der Waals surface area contributed by atoms with E-state index >= 15 is 0 Å². The van der Waals surface area contributed by atoms with Gasteiger partial charge in [0.05, 0.1) is 0 Å². The zero-order chi connectivity index (χ0) is 8.36. The molecule has 0 bridgehead atoms. The summed E-state index contributed by atoms with van der Waals surface area (Å²) in [6.45, 7) is 11.1. The van der Waals surface area contributed by atoms with Crippen molar-refractivity contribution in [3.05, 3.63) is 0 Å². The average molecular weight is 143 g/mol. The lowest BCUT2D eigenvalue weighted by Crippen LogP contribution is -2.35. The summed E-state index contributed by atoms with van der Waals surface area (Å²) in [5, 5.41) is 0. The molecule has 2 N–H and O–H groups in total. The van der Waals surface area contributed by atoms with Crippen molar-refractivity contribution in [1.29, 1.82) is 0 Å². The van der Waals surface area contributed by atoms with E-state index in [0.29, 0.717) is 17.4 Å². The van der Waals surface area contributed by atoms with Crippen molar-refractivity contribution in [1.82, 2.24) is 0 Å². The van der Waals surface area contributed by atoms with Gasteiger partial charge in [0.25, 0.3) is 0 Å². The summed E-state index contributed by atoms with van der Waals surface area (Å²) in [5.41, 5.74) is 6.20. The Balaban J connectivity index is 4.07. The summed E-state index contributed by atoms with van der Waals surface area (Å²) in [5.74, 6) is 0.646. The minimum absolute atomic E-state index is 0.324. The molecule has 0 aromatic carbocycles. The summed E-state index contributed by atoms with van der Waals surface area (Å²) in [4.78, 5) is 0. The average Bonchev–Trinajstić information content (AvgIpc) is 1.60. The zero-order valence-corrected chi connectivity index (χ0v) is 7.94. The molecule has 0 radical (unpaired) electrons. The van der Waals surface area contributed by atoms with Gasteiger partial charge in [0.15, 0.2) is 0 Å². The lowest BCUT2D eigenvalue weighted by molar-refractivity contribution is 0.202. The van der Waals surface area contributed by atoms with E-state index in [1.807, 2.05) is 0 Å². The van der Waals surface area contributed by atoms with Gasteiger partial charge in [-0.05, 0) is 18.3 Å². The zero-order valence-electron chi connectivity index (χ0n) is 7.94.